The van der Waals surface area contributed by atoms with Gasteiger partial charge in [0.25, 0.3) is 0 Å². The van der Waals surface area contributed by atoms with E-state index in [0.717, 1.165) is 0 Å². The normalized spacial score (nSPS) is 18.2. The van der Waals surface area contributed by atoms with E-state index in [4.69, 9.17) is 0 Å². The molecule has 1 aliphatic rings. The highest BCUT2D eigenvalue weighted by atomic mass is 32.2. The van der Waals surface area contributed by atoms with Crippen LogP contribution in [0.3, 0.4) is 0 Å². The molecule has 1 atom stereocenters. The van der Waals surface area contributed by atoms with E-state index in [0.29, 0.717) is 17.8 Å². The van der Waals surface area contributed by atoms with Crippen molar-refractivity contribution in [1.82, 2.24) is 4.90 Å². The van der Waals surface area contributed by atoms with E-state index in [1.807, 2.05) is 0 Å². The van der Waals surface area contributed by atoms with Gasteiger partial charge in [0.2, 0.25) is 17.7 Å². The number of carbonyl (C=O) groups excluding carboxylic acids is 3. The summed E-state index contributed by atoms with van der Waals surface area (Å²) >= 11 is 0. The quantitative estimate of drug-likeness (QED) is 0.806. The minimum absolute atomic E-state index is 0.0409. The average molecular weight is 381 g/mol. The van der Waals surface area contributed by atoms with Crippen LogP contribution >= 0.6 is 0 Å². The van der Waals surface area contributed by atoms with Gasteiger partial charge in [-0.2, -0.15) is 0 Å². The smallest absolute Gasteiger partial charge is 0.242 e. The molecule has 8 nitrogen and oxygen atoms in total. The second-order valence-corrected chi connectivity index (χ2v) is 8.62. The Kier molecular flexibility index (Phi) is 6.01. The van der Waals surface area contributed by atoms with Gasteiger partial charge in [0.05, 0.1) is 11.5 Å². The van der Waals surface area contributed by atoms with Gasteiger partial charge in [-0.1, -0.05) is 0 Å². The van der Waals surface area contributed by atoms with Gasteiger partial charge in [0, 0.05) is 38.3 Å². The van der Waals surface area contributed by atoms with Crippen molar-refractivity contribution in [3.63, 3.8) is 0 Å². The summed E-state index contributed by atoms with van der Waals surface area (Å²) in [5.74, 6) is -0.798. The molecule has 2 rings (SSSR count). The number of nitrogens with one attached hydrogen (secondary N) is 1. The van der Waals surface area contributed by atoms with Gasteiger partial charge in [-0.05, 0) is 30.7 Å². The van der Waals surface area contributed by atoms with E-state index >= 15 is 0 Å². The summed E-state index contributed by atoms with van der Waals surface area (Å²) in [4.78, 5) is 38.3. The number of likely N-dealkylation sites (N-methyl/N-ethyl adjacent to an activating group) is 1. The Morgan fingerprint density at radius 3 is 2.23 bits per heavy atom. The van der Waals surface area contributed by atoms with Crippen molar-refractivity contribution in [3.05, 3.63) is 24.3 Å². The lowest BCUT2D eigenvalue weighted by Gasteiger charge is -2.27. The Morgan fingerprint density at radius 1 is 1.15 bits per heavy atom. The van der Waals surface area contributed by atoms with Crippen LogP contribution < -0.4 is 10.2 Å². The topological polar surface area (TPSA) is 104 Å². The average Bonchev–Trinajstić information content (AvgIpc) is 2.91. The second-order valence-electron chi connectivity index (χ2n) is 6.39. The van der Waals surface area contributed by atoms with Gasteiger partial charge in [-0.25, -0.2) is 8.42 Å². The number of rotatable bonds is 5. The number of benzene rings is 1. The lowest BCUT2D eigenvalue weighted by atomic mass is 10.2. The highest BCUT2D eigenvalue weighted by Gasteiger charge is 2.33. The lowest BCUT2D eigenvalue weighted by molar-refractivity contribution is -0.131. The first-order valence-electron chi connectivity index (χ1n) is 8.21. The standard InChI is InChI=1S/C17H23N3O5S/c1-12(21)18-14-4-6-15(7-5-14)20(13(2)22)10-17(23)19(3)16-8-9-26(24,25)11-16/h4-7,16H,8-11H2,1-3H3,(H,18,21). The number of anilines is 2. The molecule has 0 aromatic heterocycles. The minimum Gasteiger partial charge on any atom is -0.340 e. The fraction of sp³-hybridized carbons (Fsp3) is 0.471. The van der Waals surface area contributed by atoms with Crippen LogP contribution in [0.1, 0.15) is 20.3 Å². The molecule has 1 N–H and O–H groups in total. The van der Waals surface area contributed by atoms with Crippen LogP contribution in [0.25, 0.3) is 0 Å². The van der Waals surface area contributed by atoms with Crippen molar-refractivity contribution in [2.75, 3.05) is 35.3 Å². The third kappa shape index (κ3) is 5.04. The molecule has 1 unspecified atom stereocenters. The van der Waals surface area contributed by atoms with Crippen molar-refractivity contribution in [2.45, 2.75) is 26.3 Å². The van der Waals surface area contributed by atoms with Gasteiger partial charge < -0.3 is 15.1 Å². The van der Waals surface area contributed by atoms with Crippen molar-refractivity contribution < 1.29 is 22.8 Å². The van der Waals surface area contributed by atoms with Crippen molar-refractivity contribution >= 4 is 38.9 Å². The zero-order valence-electron chi connectivity index (χ0n) is 15.1. The summed E-state index contributed by atoms with van der Waals surface area (Å²) in [5.41, 5.74) is 1.11. The van der Waals surface area contributed by atoms with Crippen LogP contribution in [-0.4, -0.2) is 62.2 Å². The van der Waals surface area contributed by atoms with Gasteiger partial charge >= 0.3 is 0 Å². The maximum atomic E-state index is 12.5. The first kappa shape index (κ1) is 19.9. The van der Waals surface area contributed by atoms with Crippen molar-refractivity contribution in [3.8, 4) is 0 Å². The Balaban J connectivity index is 2.09. The van der Waals surface area contributed by atoms with E-state index in [-0.39, 0.29) is 41.8 Å². The molecule has 1 saturated heterocycles. The first-order valence-corrected chi connectivity index (χ1v) is 10.0. The molecule has 1 heterocycles. The molecule has 0 radical (unpaired) electrons. The molecule has 1 aromatic rings. The molecule has 1 aromatic carbocycles. The van der Waals surface area contributed by atoms with E-state index < -0.39 is 9.84 Å². The predicted molar refractivity (Wildman–Crippen MR) is 98.6 cm³/mol. The van der Waals surface area contributed by atoms with Crippen molar-refractivity contribution in [1.29, 1.82) is 0 Å². The Labute approximate surface area is 153 Å². The van der Waals surface area contributed by atoms with E-state index in [1.165, 1.54) is 23.6 Å². The molecule has 0 spiro atoms. The van der Waals surface area contributed by atoms with Crippen LogP contribution in [0.5, 0.6) is 0 Å². The fourth-order valence-electron chi connectivity index (χ4n) is 2.84. The van der Waals surface area contributed by atoms with Gasteiger partial charge in [-0.3, -0.25) is 14.4 Å². The molecule has 1 fully saturated rings. The van der Waals surface area contributed by atoms with Crippen LogP contribution in [0.15, 0.2) is 24.3 Å². The molecule has 0 saturated carbocycles. The second kappa shape index (κ2) is 7.86. The third-order valence-electron chi connectivity index (χ3n) is 4.32. The Morgan fingerprint density at radius 2 is 1.77 bits per heavy atom. The molecular formula is C17H23N3O5S. The predicted octanol–water partition coefficient (Wildman–Crippen LogP) is 0.643. The molecule has 142 valence electrons. The van der Waals surface area contributed by atoms with Crippen LogP contribution in [0, 0.1) is 0 Å². The van der Waals surface area contributed by atoms with E-state index in [2.05, 4.69) is 5.32 Å². The number of carbonyl (C=O) groups is 3. The molecule has 0 bridgehead atoms. The first-order chi connectivity index (χ1) is 12.1. The van der Waals surface area contributed by atoms with Crippen molar-refractivity contribution in [2.24, 2.45) is 0 Å². The highest BCUT2D eigenvalue weighted by Crippen LogP contribution is 2.20. The summed E-state index contributed by atoms with van der Waals surface area (Å²) < 4.78 is 23.2. The zero-order valence-corrected chi connectivity index (χ0v) is 15.9. The fourth-order valence-corrected chi connectivity index (χ4v) is 4.62. The largest absolute Gasteiger partial charge is 0.340 e. The molecule has 9 heteroatoms. The molecule has 0 aliphatic carbocycles. The zero-order chi connectivity index (χ0) is 19.5. The molecule has 26 heavy (non-hydrogen) atoms. The molecular weight excluding hydrogens is 358 g/mol. The number of sulfone groups is 1. The highest BCUT2D eigenvalue weighted by molar-refractivity contribution is 7.91. The van der Waals surface area contributed by atoms with E-state index in [9.17, 15) is 22.8 Å². The molecule has 3 amide bonds. The van der Waals surface area contributed by atoms with Gasteiger partial charge in [0.1, 0.15) is 6.54 Å². The van der Waals surface area contributed by atoms with E-state index in [1.54, 1.807) is 31.3 Å². The summed E-state index contributed by atoms with van der Waals surface area (Å²) in [5, 5.41) is 2.63. The van der Waals surface area contributed by atoms with Crippen LogP contribution in [0.2, 0.25) is 0 Å². The summed E-state index contributed by atoms with van der Waals surface area (Å²) in [6.07, 6.45) is 0.413. The van der Waals surface area contributed by atoms with Gasteiger partial charge in [-0.15, -0.1) is 0 Å². The van der Waals surface area contributed by atoms with Crippen LogP contribution in [0.4, 0.5) is 11.4 Å². The summed E-state index contributed by atoms with van der Waals surface area (Å²) in [7, 11) is -1.53. The summed E-state index contributed by atoms with van der Waals surface area (Å²) in [6, 6.07) is 6.21. The maximum Gasteiger partial charge on any atom is 0.242 e. The number of nitrogens with zero attached hydrogens (tertiary/aromatic N) is 2. The Hall–Kier alpha value is -2.42. The number of amides is 3. The number of hydrogen-bond acceptors (Lipinski definition) is 5. The van der Waals surface area contributed by atoms with Gasteiger partial charge in [0.15, 0.2) is 9.84 Å². The SMILES string of the molecule is CC(=O)Nc1ccc(N(CC(=O)N(C)C2CCS(=O)(=O)C2)C(C)=O)cc1. The summed E-state index contributed by atoms with van der Waals surface area (Å²) in [6.45, 7) is 2.57. The maximum absolute atomic E-state index is 12.5. The number of hydrogen-bond donors (Lipinski definition) is 1. The monoisotopic (exact) mass is 381 g/mol. The minimum atomic E-state index is -3.09. The third-order valence-corrected chi connectivity index (χ3v) is 6.07. The lowest BCUT2D eigenvalue weighted by Crippen LogP contribution is -2.45. The van der Waals surface area contributed by atoms with Crippen LogP contribution in [-0.2, 0) is 24.2 Å². The molecule has 1 aliphatic heterocycles. The Bertz CT molecular complexity index is 804.